The van der Waals surface area contributed by atoms with Crippen LogP contribution in [-0.2, 0) is 4.74 Å². The monoisotopic (exact) mass is 503 g/mol. The molecule has 1 aliphatic rings. The Bertz CT molecular complexity index is 1360. The quantitative estimate of drug-likeness (QED) is 0.358. The molecular weight excluding hydrogens is 479 g/mol. The van der Waals surface area contributed by atoms with Crippen LogP contribution in [0.1, 0.15) is 6.42 Å². The van der Waals surface area contributed by atoms with Gasteiger partial charge < -0.3 is 23.9 Å². The van der Waals surface area contributed by atoms with Crippen LogP contribution < -0.4 is 14.2 Å². The van der Waals surface area contributed by atoms with E-state index >= 15 is 0 Å². The fraction of sp³-hybridized carbons (Fsp3) is 0.375. The first-order valence-corrected chi connectivity index (χ1v) is 11.4. The number of benzene rings is 1. The van der Waals surface area contributed by atoms with E-state index in [1.807, 2.05) is 0 Å². The van der Waals surface area contributed by atoms with Crippen molar-refractivity contribution in [2.45, 2.75) is 12.8 Å². The molecule has 0 radical (unpaired) electrons. The highest BCUT2D eigenvalue weighted by Gasteiger charge is 2.31. The summed E-state index contributed by atoms with van der Waals surface area (Å²) in [5.41, 5.74) is 2.63. The van der Waals surface area contributed by atoms with Gasteiger partial charge in [-0.15, -0.1) is 13.2 Å². The number of H-pyrrole nitrogens is 1. The minimum absolute atomic E-state index is 0.380. The third kappa shape index (κ3) is 5.29. The Kier molecular flexibility index (Phi) is 6.79. The van der Waals surface area contributed by atoms with Gasteiger partial charge in [0.15, 0.2) is 11.5 Å². The van der Waals surface area contributed by atoms with Crippen molar-refractivity contribution >= 4 is 21.9 Å². The molecule has 5 rings (SSSR count). The number of morpholine rings is 1. The zero-order chi connectivity index (χ0) is 25.1. The van der Waals surface area contributed by atoms with Crippen LogP contribution in [0.15, 0.2) is 36.9 Å². The number of aromatic nitrogens is 4. The lowest BCUT2D eigenvalue weighted by Gasteiger charge is -2.26. The third-order valence-corrected chi connectivity index (χ3v) is 5.88. The van der Waals surface area contributed by atoms with Crippen molar-refractivity contribution < 1.29 is 32.1 Å². The molecular formula is C24H24F3N5O4. The summed E-state index contributed by atoms with van der Waals surface area (Å²) in [7, 11) is 1.56. The lowest BCUT2D eigenvalue weighted by atomic mass is 10.1. The molecule has 1 aromatic carbocycles. The molecule has 12 heteroatoms. The number of halogens is 3. The molecule has 1 saturated heterocycles. The van der Waals surface area contributed by atoms with E-state index in [4.69, 9.17) is 14.2 Å². The fourth-order valence-electron chi connectivity index (χ4n) is 4.20. The SMILES string of the molecule is COc1cc2c(-c3c[nH]c4cc(OC(F)(F)F)cnc34)ncnc2cc1OCCCN1CCOCC1. The van der Waals surface area contributed by atoms with E-state index in [1.54, 1.807) is 25.4 Å². The number of hydrogen-bond donors (Lipinski definition) is 1. The summed E-state index contributed by atoms with van der Waals surface area (Å²) in [4.78, 5) is 18.3. The van der Waals surface area contributed by atoms with Crippen molar-refractivity contribution in [2.75, 3.05) is 46.6 Å². The van der Waals surface area contributed by atoms with Gasteiger partial charge in [0.1, 0.15) is 12.1 Å². The van der Waals surface area contributed by atoms with E-state index in [2.05, 4.69) is 29.6 Å². The smallest absolute Gasteiger partial charge is 0.493 e. The van der Waals surface area contributed by atoms with Crippen LogP contribution in [0.5, 0.6) is 17.2 Å². The maximum Gasteiger partial charge on any atom is 0.573 e. The number of ether oxygens (including phenoxy) is 4. The summed E-state index contributed by atoms with van der Waals surface area (Å²) < 4.78 is 58.6. The molecule has 36 heavy (non-hydrogen) atoms. The summed E-state index contributed by atoms with van der Waals surface area (Å²) in [6.07, 6.45) is 0.148. The van der Waals surface area contributed by atoms with Crippen LogP contribution in [0.25, 0.3) is 33.2 Å². The second kappa shape index (κ2) is 10.2. The number of pyridine rings is 1. The first kappa shape index (κ1) is 24.1. The highest BCUT2D eigenvalue weighted by atomic mass is 19.4. The van der Waals surface area contributed by atoms with Crippen LogP contribution in [0.2, 0.25) is 0 Å². The summed E-state index contributed by atoms with van der Waals surface area (Å²) >= 11 is 0. The molecule has 4 aromatic rings. The predicted octanol–water partition coefficient (Wildman–Crippen LogP) is 4.18. The molecule has 4 heterocycles. The molecule has 0 saturated carbocycles. The number of alkyl halides is 3. The van der Waals surface area contributed by atoms with Gasteiger partial charge in [-0.3, -0.25) is 9.88 Å². The number of nitrogens with zero attached hydrogens (tertiary/aromatic N) is 4. The second-order valence-corrected chi connectivity index (χ2v) is 8.22. The Hall–Kier alpha value is -3.64. The van der Waals surface area contributed by atoms with Crippen LogP contribution >= 0.6 is 0 Å². The molecule has 0 atom stereocenters. The number of nitrogens with one attached hydrogen (secondary N) is 1. The van der Waals surface area contributed by atoms with Crippen molar-refractivity contribution in [1.82, 2.24) is 24.8 Å². The van der Waals surface area contributed by atoms with Crippen molar-refractivity contribution in [3.63, 3.8) is 0 Å². The second-order valence-electron chi connectivity index (χ2n) is 8.22. The Morgan fingerprint density at radius 3 is 2.69 bits per heavy atom. The highest BCUT2D eigenvalue weighted by Crippen LogP contribution is 2.37. The van der Waals surface area contributed by atoms with Gasteiger partial charge in [0.25, 0.3) is 0 Å². The number of methoxy groups -OCH3 is 1. The highest BCUT2D eigenvalue weighted by molar-refractivity contribution is 6.01. The Morgan fingerprint density at radius 2 is 1.92 bits per heavy atom. The number of rotatable bonds is 8. The largest absolute Gasteiger partial charge is 0.573 e. The molecule has 0 unspecified atom stereocenters. The molecule has 0 spiro atoms. The van der Waals surface area contributed by atoms with Gasteiger partial charge in [-0.25, -0.2) is 9.97 Å². The maximum atomic E-state index is 12.6. The van der Waals surface area contributed by atoms with Crippen molar-refractivity contribution in [3.05, 3.63) is 36.9 Å². The third-order valence-electron chi connectivity index (χ3n) is 5.88. The zero-order valence-electron chi connectivity index (χ0n) is 19.5. The van der Waals surface area contributed by atoms with Gasteiger partial charge in [0.2, 0.25) is 0 Å². The van der Waals surface area contributed by atoms with Crippen molar-refractivity contribution in [3.8, 4) is 28.5 Å². The van der Waals surface area contributed by atoms with Crippen LogP contribution in [0, 0.1) is 0 Å². The summed E-state index contributed by atoms with van der Waals surface area (Å²) in [5.74, 6) is 0.689. The van der Waals surface area contributed by atoms with E-state index in [9.17, 15) is 13.2 Å². The topological polar surface area (TPSA) is 94.6 Å². The minimum Gasteiger partial charge on any atom is -0.493 e. The average Bonchev–Trinajstić information content (AvgIpc) is 3.28. The normalized spacial score (nSPS) is 14.9. The van der Waals surface area contributed by atoms with E-state index in [-0.39, 0.29) is 0 Å². The van der Waals surface area contributed by atoms with Gasteiger partial charge in [0.05, 0.1) is 55.4 Å². The summed E-state index contributed by atoms with van der Waals surface area (Å²) in [6, 6.07) is 4.83. The molecule has 0 amide bonds. The molecule has 190 valence electrons. The Labute approximate surface area is 204 Å². The first-order chi connectivity index (χ1) is 17.4. The zero-order valence-corrected chi connectivity index (χ0v) is 19.5. The van der Waals surface area contributed by atoms with Gasteiger partial charge in [0, 0.05) is 48.9 Å². The minimum atomic E-state index is -4.80. The van der Waals surface area contributed by atoms with Gasteiger partial charge >= 0.3 is 6.36 Å². The maximum absolute atomic E-state index is 12.6. The van der Waals surface area contributed by atoms with E-state index < -0.39 is 12.1 Å². The molecule has 0 bridgehead atoms. The Morgan fingerprint density at radius 1 is 1.08 bits per heavy atom. The lowest BCUT2D eigenvalue weighted by molar-refractivity contribution is -0.274. The molecule has 9 nitrogen and oxygen atoms in total. The molecule has 1 aliphatic heterocycles. The molecule has 1 fully saturated rings. The molecule has 3 aromatic heterocycles. The van der Waals surface area contributed by atoms with Crippen LogP contribution in [-0.4, -0.2) is 77.8 Å². The average molecular weight is 503 g/mol. The first-order valence-electron chi connectivity index (χ1n) is 11.4. The van der Waals surface area contributed by atoms with Crippen LogP contribution in [0.4, 0.5) is 13.2 Å². The standard InChI is InChI=1S/C24H24F3N5O4/c1-33-20-10-16-18(11-21(20)35-6-2-3-32-4-7-34-8-5-32)30-14-31-22(16)17-13-28-19-9-15(12-29-23(17)19)36-24(25,26)27/h9-14,28H,2-8H2,1H3. The molecule has 1 N–H and O–H groups in total. The Balaban J connectivity index is 1.39. The van der Waals surface area contributed by atoms with Crippen molar-refractivity contribution in [1.29, 1.82) is 0 Å². The van der Waals surface area contributed by atoms with Gasteiger partial charge in [-0.05, 0) is 12.5 Å². The van der Waals surface area contributed by atoms with E-state index in [1.165, 1.54) is 12.4 Å². The number of hydrogen-bond acceptors (Lipinski definition) is 8. The summed E-state index contributed by atoms with van der Waals surface area (Å²) in [5, 5.41) is 0.688. The van der Waals surface area contributed by atoms with Crippen LogP contribution in [0.3, 0.4) is 0 Å². The molecule has 0 aliphatic carbocycles. The fourth-order valence-corrected chi connectivity index (χ4v) is 4.20. The van der Waals surface area contributed by atoms with Gasteiger partial charge in [-0.1, -0.05) is 0 Å². The number of aromatic amines is 1. The van der Waals surface area contributed by atoms with Crippen molar-refractivity contribution in [2.24, 2.45) is 0 Å². The lowest BCUT2D eigenvalue weighted by Crippen LogP contribution is -2.37. The summed E-state index contributed by atoms with van der Waals surface area (Å²) in [6.45, 7) is 4.82. The van der Waals surface area contributed by atoms with E-state index in [0.29, 0.717) is 51.3 Å². The van der Waals surface area contributed by atoms with Gasteiger partial charge in [-0.2, -0.15) is 0 Å². The number of fused-ring (bicyclic) bond motifs is 2. The van der Waals surface area contributed by atoms with E-state index in [0.717, 1.165) is 45.5 Å². The predicted molar refractivity (Wildman–Crippen MR) is 125 cm³/mol.